The third kappa shape index (κ3) is 18.5. The quantitative estimate of drug-likeness (QED) is 0.166. The van der Waals surface area contributed by atoms with Crippen LogP contribution in [-0.2, 0) is 25.7 Å². The van der Waals surface area contributed by atoms with Crippen molar-refractivity contribution in [3.63, 3.8) is 0 Å². The van der Waals surface area contributed by atoms with E-state index in [-0.39, 0.29) is 17.5 Å². The average molecular weight is 655 g/mol. The van der Waals surface area contributed by atoms with Crippen molar-refractivity contribution in [3.8, 4) is 0 Å². The molecule has 0 bridgehead atoms. The molecule has 0 heterocycles. The Hall–Kier alpha value is -3.47. The SMILES string of the molecule is CC(C)Cc1cc(F)ccc1F.CC(C)Cc1ccc(F)cc1F.Cc1ccc(CC(C)C)cc1.Cc1ccc(CC(C)C)cc1F. The fourth-order valence-electron chi connectivity index (χ4n) is 4.70. The van der Waals surface area contributed by atoms with Crippen LogP contribution < -0.4 is 0 Å². The maximum Gasteiger partial charge on any atom is 0.129 e. The molecule has 0 saturated heterocycles. The van der Waals surface area contributed by atoms with Crippen LogP contribution in [0, 0.1) is 66.6 Å². The van der Waals surface area contributed by atoms with Gasteiger partial charge >= 0.3 is 0 Å². The first kappa shape index (κ1) is 41.6. The largest absolute Gasteiger partial charge is 0.207 e. The van der Waals surface area contributed by atoms with E-state index in [0.717, 1.165) is 35.6 Å². The molecule has 0 nitrogen and oxygen atoms in total. The van der Waals surface area contributed by atoms with E-state index in [4.69, 9.17) is 0 Å². The predicted octanol–water partition coefficient (Wildman–Crippen LogP) is 12.9. The van der Waals surface area contributed by atoms with Crippen LogP contribution in [0.4, 0.5) is 22.0 Å². The summed E-state index contributed by atoms with van der Waals surface area (Å²) >= 11 is 0. The van der Waals surface area contributed by atoms with Crippen molar-refractivity contribution in [2.24, 2.45) is 23.7 Å². The second-order valence-electron chi connectivity index (χ2n) is 13.9. The summed E-state index contributed by atoms with van der Waals surface area (Å²) in [4.78, 5) is 0. The fraction of sp³-hybridized carbons (Fsp3) is 0.429. The van der Waals surface area contributed by atoms with Crippen LogP contribution in [0.3, 0.4) is 0 Å². The summed E-state index contributed by atoms with van der Waals surface area (Å²) in [6.45, 7) is 20.6. The zero-order valence-electron chi connectivity index (χ0n) is 30.0. The minimum absolute atomic E-state index is 0.0897. The molecule has 0 aliphatic heterocycles. The molecule has 0 N–H and O–H groups in total. The molecule has 4 aromatic carbocycles. The molecule has 0 spiro atoms. The lowest BCUT2D eigenvalue weighted by Crippen LogP contribution is -1.97. The molecule has 4 aromatic rings. The number of hydrogen-bond acceptors (Lipinski definition) is 0. The van der Waals surface area contributed by atoms with Crippen molar-refractivity contribution in [2.75, 3.05) is 0 Å². The summed E-state index contributed by atoms with van der Waals surface area (Å²) < 4.78 is 64.0. The van der Waals surface area contributed by atoms with Crippen molar-refractivity contribution in [3.05, 3.63) is 141 Å². The third-order valence-corrected chi connectivity index (χ3v) is 6.92. The van der Waals surface area contributed by atoms with Crippen molar-refractivity contribution in [1.82, 2.24) is 0 Å². The monoisotopic (exact) mass is 654 g/mol. The molecule has 0 fully saturated rings. The molecule has 5 heteroatoms. The Morgan fingerprint density at radius 1 is 0.404 bits per heavy atom. The minimum Gasteiger partial charge on any atom is -0.207 e. The van der Waals surface area contributed by atoms with Gasteiger partial charge in [0.25, 0.3) is 0 Å². The first-order valence-electron chi connectivity index (χ1n) is 16.6. The highest BCUT2D eigenvalue weighted by Gasteiger charge is 2.06. The molecule has 0 aliphatic rings. The summed E-state index contributed by atoms with van der Waals surface area (Å²) in [5, 5.41) is 0. The molecular formula is C42H55F5. The lowest BCUT2D eigenvalue weighted by molar-refractivity contribution is 0.552. The van der Waals surface area contributed by atoms with Gasteiger partial charge < -0.3 is 0 Å². The molecular weight excluding hydrogens is 599 g/mol. The molecule has 47 heavy (non-hydrogen) atoms. The molecule has 0 aromatic heterocycles. The number of aryl methyl sites for hydroxylation is 2. The fourth-order valence-corrected chi connectivity index (χ4v) is 4.70. The topological polar surface area (TPSA) is 0 Å². The highest BCUT2D eigenvalue weighted by molar-refractivity contribution is 5.24. The Morgan fingerprint density at radius 3 is 1.38 bits per heavy atom. The highest BCUT2D eigenvalue weighted by atomic mass is 19.1. The lowest BCUT2D eigenvalue weighted by Gasteiger charge is -2.05. The van der Waals surface area contributed by atoms with Crippen LogP contribution in [0.25, 0.3) is 0 Å². The van der Waals surface area contributed by atoms with Crippen LogP contribution in [0.1, 0.15) is 88.8 Å². The van der Waals surface area contributed by atoms with E-state index in [1.807, 2.05) is 39.8 Å². The molecule has 0 unspecified atom stereocenters. The smallest absolute Gasteiger partial charge is 0.129 e. The van der Waals surface area contributed by atoms with Gasteiger partial charge in [-0.1, -0.05) is 103 Å². The molecule has 0 amide bonds. The maximum absolute atomic E-state index is 13.0. The Morgan fingerprint density at radius 2 is 0.872 bits per heavy atom. The van der Waals surface area contributed by atoms with Crippen LogP contribution in [0.2, 0.25) is 0 Å². The number of hydrogen-bond donors (Lipinski definition) is 0. The third-order valence-electron chi connectivity index (χ3n) is 6.92. The van der Waals surface area contributed by atoms with Crippen molar-refractivity contribution in [2.45, 2.75) is 94.9 Å². The van der Waals surface area contributed by atoms with E-state index in [9.17, 15) is 22.0 Å². The van der Waals surface area contributed by atoms with Gasteiger partial charge in [0, 0.05) is 6.07 Å². The van der Waals surface area contributed by atoms with Gasteiger partial charge in [0.2, 0.25) is 0 Å². The van der Waals surface area contributed by atoms with Crippen LogP contribution in [0.5, 0.6) is 0 Å². The molecule has 0 radical (unpaired) electrons. The molecule has 0 aliphatic carbocycles. The zero-order valence-corrected chi connectivity index (χ0v) is 30.0. The van der Waals surface area contributed by atoms with E-state index in [0.29, 0.717) is 41.7 Å². The van der Waals surface area contributed by atoms with Gasteiger partial charge in [0.05, 0.1) is 0 Å². The van der Waals surface area contributed by atoms with Gasteiger partial charge in [-0.3, -0.25) is 0 Å². The van der Waals surface area contributed by atoms with Gasteiger partial charge in [-0.2, -0.15) is 0 Å². The van der Waals surface area contributed by atoms with Gasteiger partial charge in [-0.15, -0.1) is 0 Å². The maximum atomic E-state index is 13.0. The number of halogens is 5. The van der Waals surface area contributed by atoms with Crippen molar-refractivity contribution < 1.29 is 22.0 Å². The van der Waals surface area contributed by atoms with Gasteiger partial charge in [-0.25, -0.2) is 22.0 Å². The first-order valence-corrected chi connectivity index (χ1v) is 16.6. The van der Waals surface area contributed by atoms with Gasteiger partial charge in [-0.05, 0) is 121 Å². The summed E-state index contributed by atoms with van der Waals surface area (Å²) in [6, 6.07) is 21.6. The predicted molar refractivity (Wildman–Crippen MR) is 189 cm³/mol. The van der Waals surface area contributed by atoms with E-state index < -0.39 is 11.6 Å². The van der Waals surface area contributed by atoms with E-state index in [1.165, 1.54) is 41.8 Å². The lowest BCUT2D eigenvalue weighted by atomic mass is 10.0. The molecule has 258 valence electrons. The zero-order chi connectivity index (χ0) is 35.7. The van der Waals surface area contributed by atoms with Gasteiger partial charge in [0.1, 0.15) is 29.1 Å². The van der Waals surface area contributed by atoms with Gasteiger partial charge in [0.15, 0.2) is 0 Å². The summed E-state index contributed by atoms with van der Waals surface area (Å²) in [7, 11) is 0. The minimum atomic E-state index is -0.514. The first-order chi connectivity index (χ1) is 22.0. The van der Waals surface area contributed by atoms with Crippen LogP contribution in [0.15, 0.2) is 78.9 Å². The van der Waals surface area contributed by atoms with E-state index in [1.54, 1.807) is 13.0 Å². The molecule has 4 rings (SSSR count). The number of benzene rings is 4. The summed E-state index contributed by atoms with van der Waals surface area (Å²) in [5.74, 6) is 0.366. The number of rotatable bonds is 8. The average Bonchev–Trinajstić information content (AvgIpc) is 2.96. The standard InChI is InChI=1S/C11H15F.C11H16.2C10H12F2/c1-8(2)6-10-5-4-9(3)11(12)7-10;1-9(2)8-11-6-4-10(3)5-7-11;1-7(2)5-8-6-9(11)3-4-10(8)12;1-7(2)5-8-3-4-9(11)6-10(8)12/h4-5,7-8H,6H2,1-3H3;4-7,9H,8H2,1-3H3;2*3-4,6-7H,5H2,1-2H3. The second-order valence-corrected chi connectivity index (χ2v) is 13.9. The Balaban J connectivity index is 0.000000314. The van der Waals surface area contributed by atoms with Crippen LogP contribution >= 0.6 is 0 Å². The normalized spacial score (nSPS) is 10.7. The Kier molecular flexibility index (Phi) is 18.9. The van der Waals surface area contributed by atoms with E-state index >= 15 is 0 Å². The molecule has 0 saturated carbocycles. The highest BCUT2D eigenvalue weighted by Crippen LogP contribution is 2.15. The van der Waals surface area contributed by atoms with Crippen LogP contribution in [-0.4, -0.2) is 0 Å². The molecule has 0 atom stereocenters. The van der Waals surface area contributed by atoms with E-state index in [2.05, 4.69) is 58.9 Å². The second kappa shape index (κ2) is 21.4. The van der Waals surface area contributed by atoms with Crippen molar-refractivity contribution >= 4 is 0 Å². The van der Waals surface area contributed by atoms with Crippen molar-refractivity contribution in [1.29, 1.82) is 0 Å². The Labute approximate surface area is 281 Å². The summed E-state index contributed by atoms with van der Waals surface area (Å²) in [6.07, 6.45) is 3.40. The Bertz CT molecular complexity index is 1450. The summed E-state index contributed by atoms with van der Waals surface area (Å²) in [5.41, 5.74) is 5.66.